The average Bonchev–Trinajstić information content (AvgIpc) is 3.28. The van der Waals surface area contributed by atoms with Gasteiger partial charge >= 0.3 is 0 Å². The van der Waals surface area contributed by atoms with E-state index < -0.39 is 5.91 Å². The number of nitriles is 1. The summed E-state index contributed by atoms with van der Waals surface area (Å²) in [7, 11) is 1.49. The molecule has 1 N–H and O–H groups in total. The van der Waals surface area contributed by atoms with Crippen molar-refractivity contribution in [3.05, 3.63) is 69.4 Å². The fraction of sp³-hybridized carbons (Fsp3) is 0.143. The maximum atomic E-state index is 13.0. The molecule has 158 valence electrons. The Kier molecular flexibility index (Phi) is 7.54. The minimum Gasteiger partial charge on any atom is -0.493 e. The molecule has 31 heavy (non-hydrogen) atoms. The molecule has 0 unspecified atom stereocenters. The molecular formula is C21H16ClFN4O3S. The van der Waals surface area contributed by atoms with Crippen LogP contribution in [0.15, 0.2) is 42.5 Å². The van der Waals surface area contributed by atoms with Gasteiger partial charge in [-0.15, -0.1) is 10.2 Å². The van der Waals surface area contributed by atoms with Crippen LogP contribution in [0.25, 0.3) is 11.1 Å². The number of methoxy groups -OCH3 is 1. The Hall–Kier alpha value is -3.48. The molecule has 0 aliphatic heterocycles. The summed E-state index contributed by atoms with van der Waals surface area (Å²) in [5, 5.41) is 20.0. The highest BCUT2D eigenvalue weighted by Crippen LogP contribution is 2.31. The molecule has 0 saturated heterocycles. The second-order valence-corrected chi connectivity index (χ2v) is 7.46. The standard InChI is InChI=1S/C21H16ClFN4O3S/c1-29-18-11-14(4-7-17(18)30-9-8-24)10-16(22)20-26-27-21(31-20)19(28)25-12-13-2-5-15(23)6-3-13/h2-7,10-11H,9,12H2,1H3,(H,25,28)/b16-10-. The second kappa shape index (κ2) is 10.5. The topological polar surface area (TPSA) is 97.1 Å². The van der Waals surface area contributed by atoms with Crippen LogP contribution >= 0.6 is 22.9 Å². The SMILES string of the molecule is COc1cc(/C=C(\Cl)c2nnc(C(=O)NCc3ccc(F)cc3)s2)ccc1OCC#N. The Labute approximate surface area is 186 Å². The van der Waals surface area contributed by atoms with Gasteiger partial charge in [-0.3, -0.25) is 4.79 Å². The van der Waals surface area contributed by atoms with Crippen LogP contribution in [0.2, 0.25) is 0 Å². The maximum absolute atomic E-state index is 13.0. The van der Waals surface area contributed by atoms with Gasteiger partial charge in [0.2, 0.25) is 5.01 Å². The normalized spacial score (nSPS) is 11.0. The van der Waals surface area contributed by atoms with E-state index in [9.17, 15) is 9.18 Å². The van der Waals surface area contributed by atoms with E-state index in [-0.39, 0.29) is 24.0 Å². The number of aromatic nitrogens is 2. The van der Waals surface area contributed by atoms with Gasteiger partial charge in [0, 0.05) is 6.54 Å². The first-order valence-electron chi connectivity index (χ1n) is 8.91. The minimum atomic E-state index is -0.404. The van der Waals surface area contributed by atoms with Crippen molar-refractivity contribution in [2.24, 2.45) is 0 Å². The van der Waals surface area contributed by atoms with Crippen LogP contribution in [-0.2, 0) is 6.54 Å². The molecule has 1 amide bonds. The molecule has 0 saturated carbocycles. The quantitative estimate of drug-likeness (QED) is 0.541. The van der Waals surface area contributed by atoms with Gasteiger partial charge in [0.05, 0.1) is 12.1 Å². The zero-order chi connectivity index (χ0) is 22.2. The third-order valence-electron chi connectivity index (χ3n) is 3.96. The maximum Gasteiger partial charge on any atom is 0.282 e. The number of carbonyl (C=O) groups is 1. The lowest BCUT2D eigenvalue weighted by Gasteiger charge is -2.09. The predicted octanol–water partition coefficient (Wildman–Crippen LogP) is 4.26. The van der Waals surface area contributed by atoms with Gasteiger partial charge in [0.25, 0.3) is 5.91 Å². The zero-order valence-electron chi connectivity index (χ0n) is 16.3. The number of rotatable bonds is 8. The van der Waals surface area contributed by atoms with Crippen molar-refractivity contribution >= 4 is 40.0 Å². The molecule has 7 nitrogen and oxygen atoms in total. The number of carbonyl (C=O) groups excluding carboxylic acids is 1. The molecule has 0 atom stereocenters. The molecule has 0 spiro atoms. The Morgan fingerprint density at radius 1 is 1.23 bits per heavy atom. The molecule has 3 rings (SSSR count). The van der Waals surface area contributed by atoms with Crippen molar-refractivity contribution in [1.82, 2.24) is 15.5 Å². The van der Waals surface area contributed by atoms with Gasteiger partial charge in [-0.25, -0.2) is 4.39 Å². The summed E-state index contributed by atoms with van der Waals surface area (Å²) in [6.45, 7) is 0.140. The molecule has 10 heteroatoms. The van der Waals surface area contributed by atoms with E-state index in [4.69, 9.17) is 26.3 Å². The first kappa shape index (κ1) is 22.2. The van der Waals surface area contributed by atoms with E-state index in [1.807, 2.05) is 6.07 Å². The van der Waals surface area contributed by atoms with Crippen LogP contribution in [0, 0.1) is 17.1 Å². The van der Waals surface area contributed by atoms with Crippen molar-refractivity contribution in [3.63, 3.8) is 0 Å². The van der Waals surface area contributed by atoms with E-state index in [2.05, 4.69) is 15.5 Å². The number of hydrogen-bond acceptors (Lipinski definition) is 7. The first-order chi connectivity index (χ1) is 15.0. The summed E-state index contributed by atoms with van der Waals surface area (Å²) in [6, 6.07) is 12.8. The predicted molar refractivity (Wildman–Crippen MR) is 115 cm³/mol. The van der Waals surface area contributed by atoms with Crippen LogP contribution in [0.1, 0.15) is 25.9 Å². The van der Waals surface area contributed by atoms with Gasteiger partial charge in [0.15, 0.2) is 23.1 Å². The molecule has 2 aromatic carbocycles. The van der Waals surface area contributed by atoms with Gasteiger partial charge in [0.1, 0.15) is 11.9 Å². The summed E-state index contributed by atoms with van der Waals surface area (Å²) in [5.74, 6) is 0.144. The molecule has 1 heterocycles. The molecule has 0 radical (unpaired) electrons. The number of benzene rings is 2. The molecule has 0 fully saturated rings. The fourth-order valence-electron chi connectivity index (χ4n) is 2.48. The lowest BCUT2D eigenvalue weighted by atomic mass is 10.2. The van der Waals surface area contributed by atoms with Gasteiger partial charge < -0.3 is 14.8 Å². The average molecular weight is 459 g/mol. The number of ether oxygens (including phenoxy) is 2. The van der Waals surface area contributed by atoms with Crippen LogP contribution in [0.3, 0.4) is 0 Å². The van der Waals surface area contributed by atoms with E-state index in [0.29, 0.717) is 27.1 Å². The lowest BCUT2D eigenvalue weighted by Crippen LogP contribution is -2.22. The van der Waals surface area contributed by atoms with Crippen molar-refractivity contribution in [2.45, 2.75) is 6.54 Å². The van der Waals surface area contributed by atoms with Crippen LogP contribution in [0.5, 0.6) is 11.5 Å². The third kappa shape index (κ3) is 6.01. The summed E-state index contributed by atoms with van der Waals surface area (Å²) < 4.78 is 23.5. The van der Waals surface area contributed by atoms with Crippen molar-refractivity contribution < 1.29 is 18.7 Å². The highest BCUT2D eigenvalue weighted by molar-refractivity contribution is 7.15. The first-order valence-corrected chi connectivity index (χ1v) is 10.1. The largest absolute Gasteiger partial charge is 0.493 e. The summed E-state index contributed by atoms with van der Waals surface area (Å²) in [4.78, 5) is 12.3. The summed E-state index contributed by atoms with van der Waals surface area (Å²) in [6.07, 6.45) is 1.65. The van der Waals surface area contributed by atoms with Crippen molar-refractivity contribution in [2.75, 3.05) is 13.7 Å². The number of nitrogens with zero attached hydrogens (tertiary/aromatic N) is 3. The fourth-order valence-corrected chi connectivity index (χ4v) is 3.43. The molecular weight excluding hydrogens is 443 g/mol. The molecule has 3 aromatic rings. The highest BCUT2D eigenvalue weighted by Gasteiger charge is 2.15. The van der Waals surface area contributed by atoms with Gasteiger partial charge in [-0.1, -0.05) is 41.1 Å². The number of hydrogen-bond donors (Lipinski definition) is 1. The van der Waals surface area contributed by atoms with E-state index in [1.165, 1.54) is 19.2 Å². The Bertz CT molecular complexity index is 1140. The van der Waals surface area contributed by atoms with Crippen LogP contribution in [0.4, 0.5) is 4.39 Å². The van der Waals surface area contributed by atoms with E-state index >= 15 is 0 Å². The third-order valence-corrected chi connectivity index (χ3v) is 5.32. The van der Waals surface area contributed by atoms with E-state index in [1.54, 1.807) is 36.4 Å². The second-order valence-electron chi connectivity index (χ2n) is 6.07. The van der Waals surface area contributed by atoms with Crippen molar-refractivity contribution in [1.29, 1.82) is 5.26 Å². The highest BCUT2D eigenvalue weighted by atomic mass is 35.5. The summed E-state index contributed by atoms with van der Waals surface area (Å²) >= 11 is 7.40. The number of amides is 1. The molecule has 0 aliphatic rings. The molecule has 1 aromatic heterocycles. The number of nitrogens with one attached hydrogen (secondary N) is 1. The molecule has 0 bridgehead atoms. The van der Waals surface area contributed by atoms with Gasteiger partial charge in [-0.05, 0) is 41.5 Å². The van der Waals surface area contributed by atoms with Gasteiger partial charge in [-0.2, -0.15) is 5.26 Å². The van der Waals surface area contributed by atoms with Crippen LogP contribution in [-0.4, -0.2) is 29.8 Å². The number of halogens is 2. The Morgan fingerprint density at radius 3 is 2.68 bits per heavy atom. The summed E-state index contributed by atoms with van der Waals surface area (Å²) in [5.41, 5.74) is 1.47. The smallest absolute Gasteiger partial charge is 0.282 e. The van der Waals surface area contributed by atoms with Crippen molar-refractivity contribution in [3.8, 4) is 17.6 Å². The zero-order valence-corrected chi connectivity index (χ0v) is 17.8. The minimum absolute atomic E-state index is 0.0942. The Balaban J connectivity index is 1.68. The van der Waals surface area contributed by atoms with Crippen LogP contribution < -0.4 is 14.8 Å². The van der Waals surface area contributed by atoms with E-state index in [0.717, 1.165) is 16.9 Å². The Morgan fingerprint density at radius 2 is 1.97 bits per heavy atom. The lowest BCUT2D eigenvalue weighted by molar-refractivity contribution is 0.0950. The monoisotopic (exact) mass is 458 g/mol. The molecule has 0 aliphatic carbocycles.